The number of fused-ring (bicyclic) bond motifs is 1. The normalized spacial score (nSPS) is 13.6. The van der Waals surface area contributed by atoms with Crippen LogP contribution < -0.4 is 5.32 Å². The molecule has 2 amide bonds. The second kappa shape index (κ2) is 7.83. The fourth-order valence-electron chi connectivity index (χ4n) is 3.42. The van der Waals surface area contributed by atoms with Crippen LogP contribution >= 0.6 is 0 Å². The van der Waals surface area contributed by atoms with E-state index in [1.165, 1.54) is 5.01 Å². The summed E-state index contributed by atoms with van der Waals surface area (Å²) in [6, 6.07) is 11.7. The topological polar surface area (TPSA) is 92.5 Å². The van der Waals surface area contributed by atoms with Gasteiger partial charge in [0.2, 0.25) is 11.8 Å². The lowest BCUT2D eigenvalue weighted by Gasteiger charge is -2.11. The van der Waals surface area contributed by atoms with Crippen molar-refractivity contribution in [3.8, 4) is 0 Å². The van der Waals surface area contributed by atoms with Gasteiger partial charge < -0.3 is 5.32 Å². The summed E-state index contributed by atoms with van der Waals surface area (Å²) in [6.07, 6.45) is 2.52. The third kappa shape index (κ3) is 4.01. The highest BCUT2D eigenvalue weighted by Gasteiger charge is 2.22. The number of anilines is 1. The van der Waals surface area contributed by atoms with Crippen LogP contribution in [0.4, 0.5) is 5.69 Å². The molecule has 0 spiro atoms. The average Bonchev–Trinajstić information content (AvgIpc) is 3.32. The number of carbonyl (C=O) groups excluding carboxylic acids is 2. The largest absolute Gasteiger partial charge is 0.325 e. The fraction of sp³-hybridized carbons (Fsp3) is 0.286. The molecule has 1 aliphatic rings. The maximum Gasteiger partial charge on any atom is 0.243 e. The monoisotopic (exact) mass is 390 g/mol. The third-order valence-electron chi connectivity index (χ3n) is 4.91. The van der Waals surface area contributed by atoms with Gasteiger partial charge in [0.15, 0.2) is 5.65 Å². The molecule has 0 unspecified atom stereocenters. The highest BCUT2D eigenvalue weighted by atomic mass is 16.2. The van der Waals surface area contributed by atoms with Crippen molar-refractivity contribution in [2.24, 2.45) is 12.1 Å². The highest BCUT2D eigenvalue weighted by Crippen LogP contribution is 2.20. The first-order valence-electron chi connectivity index (χ1n) is 9.54. The van der Waals surface area contributed by atoms with Gasteiger partial charge >= 0.3 is 0 Å². The molecule has 2 aromatic heterocycles. The van der Waals surface area contributed by atoms with E-state index in [1.54, 1.807) is 10.9 Å². The third-order valence-corrected chi connectivity index (χ3v) is 4.91. The summed E-state index contributed by atoms with van der Waals surface area (Å²) in [5, 5.41) is 13.9. The van der Waals surface area contributed by atoms with Crippen LogP contribution in [-0.2, 0) is 16.6 Å². The lowest BCUT2D eigenvalue weighted by molar-refractivity contribution is -0.132. The van der Waals surface area contributed by atoms with Crippen LogP contribution in [-0.4, -0.2) is 43.8 Å². The van der Waals surface area contributed by atoms with Crippen LogP contribution in [0.15, 0.2) is 47.7 Å². The molecular weight excluding hydrogens is 368 g/mol. The van der Waals surface area contributed by atoms with E-state index in [-0.39, 0.29) is 24.7 Å². The van der Waals surface area contributed by atoms with Crippen LogP contribution in [0.25, 0.3) is 11.0 Å². The molecular formula is C21H22N6O2. The van der Waals surface area contributed by atoms with Gasteiger partial charge in [-0.2, -0.15) is 10.2 Å². The Morgan fingerprint density at radius 3 is 2.76 bits per heavy atom. The lowest BCUT2D eigenvalue weighted by atomic mass is 10.1. The van der Waals surface area contributed by atoms with Gasteiger partial charge in [-0.1, -0.05) is 30.3 Å². The Labute approximate surface area is 168 Å². The second-order valence-corrected chi connectivity index (χ2v) is 7.03. The second-order valence-electron chi connectivity index (χ2n) is 7.03. The Hall–Kier alpha value is -3.55. The number of nitrogens with zero attached hydrogens (tertiary/aromatic N) is 5. The molecule has 0 fully saturated rings. The first-order valence-corrected chi connectivity index (χ1v) is 9.54. The molecule has 148 valence electrons. The number of hydrazone groups is 1. The minimum absolute atomic E-state index is 0.0928. The zero-order valence-corrected chi connectivity index (χ0v) is 16.4. The number of aromatic nitrogens is 3. The first kappa shape index (κ1) is 18.8. The van der Waals surface area contributed by atoms with Gasteiger partial charge in [-0.15, -0.1) is 0 Å². The van der Waals surface area contributed by atoms with Gasteiger partial charge in [0.1, 0.15) is 0 Å². The van der Waals surface area contributed by atoms with Crippen LogP contribution in [0.5, 0.6) is 0 Å². The van der Waals surface area contributed by atoms with Crippen molar-refractivity contribution in [3.05, 3.63) is 53.9 Å². The molecule has 29 heavy (non-hydrogen) atoms. The van der Waals surface area contributed by atoms with E-state index in [0.29, 0.717) is 12.2 Å². The number of aryl methyl sites for hydroxylation is 2. The predicted octanol–water partition coefficient (Wildman–Crippen LogP) is 2.63. The molecule has 0 radical (unpaired) electrons. The molecule has 3 heterocycles. The quantitative estimate of drug-likeness (QED) is 0.725. The zero-order valence-electron chi connectivity index (χ0n) is 16.4. The first-order chi connectivity index (χ1) is 14.0. The summed E-state index contributed by atoms with van der Waals surface area (Å²) in [6.45, 7) is 2.44. The Bertz CT molecular complexity index is 1100. The number of hydrogen-bond acceptors (Lipinski definition) is 5. The van der Waals surface area contributed by atoms with Crippen LogP contribution in [0, 0.1) is 6.92 Å². The standard InChI is InChI=1S/C21H22N6O2/c1-14-17-12-16(13-22-21(17)26(2)24-14)23-19(28)8-9-20(29)27-11-10-18(25-27)15-6-4-3-5-7-15/h3-7,12-13H,8-11H2,1-2H3,(H,23,28). The fourth-order valence-corrected chi connectivity index (χ4v) is 3.42. The van der Waals surface area contributed by atoms with E-state index in [4.69, 9.17) is 0 Å². The van der Waals surface area contributed by atoms with Gasteiger partial charge in [0, 0.05) is 31.7 Å². The van der Waals surface area contributed by atoms with Gasteiger partial charge in [0.25, 0.3) is 0 Å². The van der Waals surface area contributed by atoms with Crippen molar-refractivity contribution >= 4 is 34.2 Å². The average molecular weight is 390 g/mol. The van der Waals surface area contributed by atoms with E-state index in [2.05, 4.69) is 20.5 Å². The maximum absolute atomic E-state index is 12.4. The molecule has 1 N–H and O–H groups in total. The van der Waals surface area contributed by atoms with E-state index < -0.39 is 0 Å². The Kier molecular flexibility index (Phi) is 5.07. The summed E-state index contributed by atoms with van der Waals surface area (Å²) in [7, 11) is 1.83. The zero-order chi connectivity index (χ0) is 20.4. The molecule has 0 bridgehead atoms. The molecule has 0 saturated heterocycles. The smallest absolute Gasteiger partial charge is 0.243 e. The number of rotatable bonds is 5. The number of nitrogens with one attached hydrogen (secondary N) is 1. The van der Waals surface area contributed by atoms with E-state index in [1.807, 2.05) is 50.4 Å². The highest BCUT2D eigenvalue weighted by molar-refractivity contribution is 6.03. The lowest BCUT2D eigenvalue weighted by Crippen LogP contribution is -2.25. The van der Waals surface area contributed by atoms with Crippen molar-refractivity contribution in [2.45, 2.75) is 26.2 Å². The number of hydrogen-bond donors (Lipinski definition) is 1. The molecule has 8 nitrogen and oxygen atoms in total. The van der Waals surface area contributed by atoms with Gasteiger partial charge in [-0.3, -0.25) is 14.3 Å². The van der Waals surface area contributed by atoms with Crippen molar-refractivity contribution in [3.63, 3.8) is 0 Å². The molecule has 8 heteroatoms. The van der Waals surface area contributed by atoms with Gasteiger partial charge in [0.05, 0.1) is 29.8 Å². The van der Waals surface area contributed by atoms with Crippen molar-refractivity contribution in [1.82, 2.24) is 19.8 Å². The summed E-state index contributed by atoms with van der Waals surface area (Å²) in [5.74, 6) is -0.379. The maximum atomic E-state index is 12.4. The predicted molar refractivity (Wildman–Crippen MR) is 110 cm³/mol. The Morgan fingerprint density at radius 2 is 1.97 bits per heavy atom. The van der Waals surface area contributed by atoms with Crippen molar-refractivity contribution < 1.29 is 9.59 Å². The number of pyridine rings is 1. The number of benzene rings is 1. The molecule has 0 aliphatic carbocycles. The SMILES string of the molecule is Cc1nn(C)c2ncc(NC(=O)CCC(=O)N3CCC(c4ccccc4)=N3)cc12. The van der Waals surface area contributed by atoms with Crippen molar-refractivity contribution in [1.29, 1.82) is 0 Å². The van der Waals surface area contributed by atoms with Crippen LogP contribution in [0.2, 0.25) is 0 Å². The molecule has 1 aromatic carbocycles. The van der Waals surface area contributed by atoms with E-state index in [0.717, 1.165) is 34.4 Å². The summed E-state index contributed by atoms with van der Waals surface area (Å²) in [4.78, 5) is 29.0. The van der Waals surface area contributed by atoms with E-state index >= 15 is 0 Å². The minimum Gasteiger partial charge on any atom is -0.325 e. The van der Waals surface area contributed by atoms with Crippen LogP contribution in [0.3, 0.4) is 0 Å². The Morgan fingerprint density at radius 1 is 1.17 bits per heavy atom. The summed E-state index contributed by atoms with van der Waals surface area (Å²) in [5.41, 5.74) is 4.12. The van der Waals surface area contributed by atoms with E-state index in [9.17, 15) is 9.59 Å². The van der Waals surface area contributed by atoms with Gasteiger partial charge in [-0.25, -0.2) is 9.99 Å². The summed E-state index contributed by atoms with van der Waals surface area (Å²) < 4.78 is 1.70. The number of amides is 2. The Balaban J connectivity index is 1.33. The molecule has 3 aromatic rings. The van der Waals surface area contributed by atoms with Crippen molar-refractivity contribution in [2.75, 3.05) is 11.9 Å². The molecule has 0 saturated carbocycles. The number of carbonyl (C=O) groups is 2. The van der Waals surface area contributed by atoms with Gasteiger partial charge in [-0.05, 0) is 18.6 Å². The minimum atomic E-state index is -0.229. The summed E-state index contributed by atoms with van der Waals surface area (Å²) >= 11 is 0. The molecule has 0 atom stereocenters. The molecule has 1 aliphatic heterocycles. The van der Waals surface area contributed by atoms with Crippen LogP contribution in [0.1, 0.15) is 30.5 Å². The molecule has 4 rings (SSSR count).